The predicted molar refractivity (Wildman–Crippen MR) is 146 cm³/mol. The number of benzene rings is 3. The van der Waals surface area contributed by atoms with Gasteiger partial charge in [-0.15, -0.1) is 0 Å². The molecular weight excluding hydrogens is 754 g/mol. The Bertz CT molecular complexity index is 1100. The zero-order chi connectivity index (χ0) is 22.4. The molecule has 3 aromatic carbocycles. The normalized spacial score (nSPS) is 10.9. The molecule has 9 heteroatoms. The number of hydrazone groups is 1. The van der Waals surface area contributed by atoms with Crippen molar-refractivity contribution in [3.63, 3.8) is 0 Å². The van der Waals surface area contributed by atoms with Crippen molar-refractivity contribution in [1.29, 1.82) is 0 Å². The van der Waals surface area contributed by atoms with Gasteiger partial charge in [-0.05, 0) is 98.8 Å². The van der Waals surface area contributed by atoms with E-state index in [1.165, 1.54) is 7.11 Å². The van der Waals surface area contributed by atoms with Crippen LogP contribution in [0, 0.1) is 7.14 Å². The maximum Gasteiger partial charge on any atom is 0.275 e. The second-order valence-electron chi connectivity index (χ2n) is 6.27. The van der Waals surface area contributed by atoms with Gasteiger partial charge in [-0.3, -0.25) is 4.79 Å². The van der Waals surface area contributed by atoms with Crippen molar-refractivity contribution in [3.05, 3.63) is 87.4 Å². The van der Waals surface area contributed by atoms with E-state index in [-0.39, 0.29) is 5.91 Å². The fourth-order valence-corrected chi connectivity index (χ4v) is 5.36. The molecule has 160 valence electrons. The number of nitrogens with zero attached hydrogens (tertiary/aromatic N) is 1. The van der Waals surface area contributed by atoms with Crippen LogP contribution in [0.3, 0.4) is 0 Å². The smallest absolute Gasteiger partial charge is 0.275 e. The summed E-state index contributed by atoms with van der Waals surface area (Å²) < 4.78 is 15.0. The molecule has 0 aliphatic carbocycles. The lowest BCUT2D eigenvalue weighted by molar-refractivity contribution is 0.0952. The molecule has 0 heterocycles. The Balaban J connectivity index is 1.67. The Hall–Kier alpha value is -1.18. The number of hydrogen-bond acceptors (Lipinski definition) is 4. The van der Waals surface area contributed by atoms with Crippen molar-refractivity contribution >= 4 is 89.2 Å². The highest BCUT2D eigenvalue weighted by atomic mass is 127. The molecule has 0 fully saturated rings. The highest BCUT2D eigenvalue weighted by molar-refractivity contribution is 14.1. The standard InChI is InChI=1S/C22H16Br2I2N2O3/c1-30-20-7-6-16(24)10-17(20)22(29)28-27-11-14-8-18(25)21(19(26)9-14)31-12-13-2-4-15(23)5-3-13/h2-11H,12H2,1H3,(H,28,29)/b27-11-. The highest BCUT2D eigenvalue weighted by Crippen LogP contribution is 2.29. The number of hydrogen-bond donors (Lipinski definition) is 1. The van der Waals surface area contributed by atoms with Gasteiger partial charge in [0.05, 0.1) is 26.0 Å². The average molecular weight is 770 g/mol. The van der Waals surface area contributed by atoms with Crippen LogP contribution in [0.1, 0.15) is 21.5 Å². The van der Waals surface area contributed by atoms with Crippen molar-refractivity contribution in [3.8, 4) is 11.5 Å². The molecule has 0 unspecified atom stereocenters. The lowest BCUT2D eigenvalue weighted by Gasteiger charge is -2.11. The number of carbonyl (C=O) groups is 1. The first kappa shape index (κ1) is 24.5. The summed E-state index contributed by atoms with van der Waals surface area (Å²) in [5.74, 6) is 0.949. The topological polar surface area (TPSA) is 59.9 Å². The lowest BCUT2D eigenvalue weighted by atomic mass is 10.2. The Morgan fingerprint density at radius 2 is 1.68 bits per heavy atom. The number of halogens is 4. The molecule has 0 aliphatic rings. The van der Waals surface area contributed by atoms with E-state index in [9.17, 15) is 4.79 Å². The molecule has 3 rings (SSSR count). The highest BCUT2D eigenvalue weighted by Gasteiger charge is 2.12. The third-order valence-electron chi connectivity index (χ3n) is 4.10. The van der Waals surface area contributed by atoms with E-state index >= 15 is 0 Å². The van der Waals surface area contributed by atoms with Gasteiger partial charge in [0.15, 0.2) is 0 Å². The molecule has 0 aliphatic heterocycles. The Labute approximate surface area is 224 Å². The van der Waals surface area contributed by atoms with Crippen LogP contribution in [0.4, 0.5) is 0 Å². The van der Waals surface area contributed by atoms with E-state index < -0.39 is 0 Å². The van der Waals surface area contributed by atoms with Gasteiger partial charge in [0, 0.05) is 8.95 Å². The van der Waals surface area contributed by atoms with Gasteiger partial charge in [-0.25, -0.2) is 5.43 Å². The maximum atomic E-state index is 12.4. The first-order valence-corrected chi connectivity index (χ1v) is 12.6. The van der Waals surface area contributed by atoms with Gasteiger partial charge in [-0.2, -0.15) is 5.10 Å². The molecule has 31 heavy (non-hydrogen) atoms. The SMILES string of the molecule is COc1ccc(Br)cc1C(=O)N/N=C\c1cc(I)c(OCc2ccc(Br)cc2)c(I)c1. The van der Waals surface area contributed by atoms with Crippen molar-refractivity contribution in [1.82, 2.24) is 5.43 Å². The summed E-state index contributed by atoms with van der Waals surface area (Å²) in [5.41, 5.74) is 4.88. The number of rotatable bonds is 7. The van der Waals surface area contributed by atoms with E-state index in [0.717, 1.165) is 33.0 Å². The van der Waals surface area contributed by atoms with Crippen molar-refractivity contribution in [2.24, 2.45) is 5.10 Å². The number of carbonyl (C=O) groups excluding carboxylic acids is 1. The molecule has 1 amide bonds. The minimum Gasteiger partial charge on any atom is -0.496 e. The number of nitrogens with one attached hydrogen (secondary N) is 1. The number of amides is 1. The molecule has 0 saturated heterocycles. The Kier molecular flexibility index (Phi) is 9.17. The minimum atomic E-state index is -0.353. The van der Waals surface area contributed by atoms with Crippen LogP contribution in [0.25, 0.3) is 0 Å². The zero-order valence-electron chi connectivity index (χ0n) is 16.2. The monoisotopic (exact) mass is 768 g/mol. The van der Waals surface area contributed by atoms with Gasteiger partial charge in [0.2, 0.25) is 0 Å². The van der Waals surface area contributed by atoms with Crippen LogP contribution in [0.15, 0.2) is 68.6 Å². The lowest BCUT2D eigenvalue weighted by Crippen LogP contribution is -2.18. The second-order valence-corrected chi connectivity index (χ2v) is 10.4. The van der Waals surface area contributed by atoms with E-state index in [4.69, 9.17) is 9.47 Å². The number of ether oxygens (including phenoxy) is 2. The Morgan fingerprint density at radius 1 is 1.03 bits per heavy atom. The van der Waals surface area contributed by atoms with Crippen LogP contribution >= 0.6 is 77.0 Å². The van der Waals surface area contributed by atoms with Crippen LogP contribution in [0.2, 0.25) is 0 Å². The van der Waals surface area contributed by atoms with Crippen molar-refractivity contribution < 1.29 is 14.3 Å². The van der Waals surface area contributed by atoms with Gasteiger partial charge < -0.3 is 9.47 Å². The molecule has 1 N–H and O–H groups in total. The summed E-state index contributed by atoms with van der Waals surface area (Å²) >= 11 is 11.3. The van der Waals surface area contributed by atoms with E-state index in [1.54, 1.807) is 18.3 Å². The number of methoxy groups -OCH3 is 1. The van der Waals surface area contributed by atoms with Crippen LogP contribution in [-0.2, 0) is 6.61 Å². The predicted octanol–water partition coefficient (Wildman–Crippen LogP) is 6.77. The van der Waals surface area contributed by atoms with Gasteiger partial charge in [0.25, 0.3) is 5.91 Å². The van der Waals surface area contributed by atoms with E-state index in [1.807, 2.05) is 42.5 Å². The quantitative estimate of drug-likeness (QED) is 0.164. The summed E-state index contributed by atoms with van der Waals surface area (Å²) in [5, 5.41) is 4.09. The second kappa shape index (κ2) is 11.6. The van der Waals surface area contributed by atoms with E-state index in [0.29, 0.717) is 17.9 Å². The molecular formula is C22H16Br2I2N2O3. The first-order valence-electron chi connectivity index (χ1n) is 8.90. The average Bonchev–Trinajstić information content (AvgIpc) is 2.74. The Morgan fingerprint density at radius 3 is 2.32 bits per heavy atom. The maximum absolute atomic E-state index is 12.4. The van der Waals surface area contributed by atoms with Crippen LogP contribution in [0.5, 0.6) is 11.5 Å². The molecule has 5 nitrogen and oxygen atoms in total. The molecule has 0 spiro atoms. The molecule has 0 radical (unpaired) electrons. The van der Waals surface area contributed by atoms with Crippen molar-refractivity contribution in [2.75, 3.05) is 7.11 Å². The fraction of sp³-hybridized carbons (Fsp3) is 0.0909. The van der Waals surface area contributed by atoms with Crippen LogP contribution in [-0.4, -0.2) is 19.2 Å². The van der Waals surface area contributed by atoms with Gasteiger partial charge in [0.1, 0.15) is 18.1 Å². The molecule has 3 aromatic rings. The zero-order valence-corrected chi connectivity index (χ0v) is 23.7. The van der Waals surface area contributed by atoms with E-state index in [2.05, 4.69) is 87.6 Å². The van der Waals surface area contributed by atoms with Gasteiger partial charge in [-0.1, -0.05) is 44.0 Å². The van der Waals surface area contributed by atoms with Crippen LogP contribution < -0.4 is 14.9 Å². The minimum absolute atomic E-state index is 0.353. The summed E-state index contributed by atoms with van der Waals surface area (Å²) in [7, 11) is 1.52. The third-order valence-corrected chi connectivity index (χ3v) is 6.73. The summed E-state index contributed by atoms with van der Waals surface area (Å²) in [6.07, 6.45) is 1.60. The first-order chi connectivity index (χ1) is 14.9. The third kappa shape index (κ3) is 6.90. The summed E-state index contributed by atoms with van der Waals surface area (Å²) in [6.45, 7) is 0.483. The largest absolute Gasteiger partial charge is 0.496 e. The molecule has 0 aromatic heterocycles. The van der Waals surface area contributed by atoms with Gasteiger partial charge >= 0.3 is 0 Å². The molecule has 0 saturated carbocycles. The molecule has 0 atom stereocenters. The molecule has 0 bridgehead atoms. The summed E-state index contributed by atoms with van der Waals surface area (Å²) in [4.78, 5) is 12.4. The fourth-order valence-electron chi connectivity index (χ4n) is 2.61. The van der Waals surface area contributed by atoms with Crippen molar-refractivity contribution in [2.45, 2.75) is 6.61 Å². The summed E-state index contributed by atoms with van der Waals surface area (Å²) in [6, 6.07) is 17.2.